The van der Waals surface area contributed by atoms with E-state index in [4.69, 9.17) is 5.26 Å². The first-order valence-corrected chi connectivity index (χ1v) is 6.52. The molecule has 96 valence electrons. The first kappa shape index (κ1) is 13.2. The van der Waals surface area contributed by atoms with E-state index in [-0.39, 0.29) is 0 Å². The summed E-state index contributed by atoms with van der Waals surface area (Å²) >= 11 is 0. The van der Waals surface area contributed by atoms with Gasteiger partial charge in [0.1, 0.15) is 0 Å². The van der Waals surface area contributed by atoms with Crippen molar-refractivity contribution in [3.05, 3.63) is 65.7 Å². The summed E-state index contributed by atoms with van der Waals surface area (Å²) in [6.45, 7) is 3.69. The molecule has 0 radical (unpaired) electrons. The Morgan fingerprint density at radius 3 is 2.32 bits per heavy atom. The second kappa shape index (κ2) is 6.61. The van der Waals surface area contributed by atoms with E-state index in [1.165, 1.54) is 16.8 Å². The number of nitriles is 1. The van der Waals surface area contributed by atoms with Crippen LogP contribution in [0, 0.1) is 18.3 Å². The van der Waals surface area contributed by atoms with Gasteiger partial charge in [0.25, 0.3) is 0 Å². The normalized spacial score (nSPS) is 9.89. The average molecular weight is 250 g/mol. The molecule has 0 bridgehead atoms. The molecule has 0 amide bonds. The highest BCUT2D eigenvalue weighted by atomic mass is 15.1. The minimum absolute atomic E-state index is 0.542. The fourth-order valence-electron chi connectivity index (χ4n) is 2.04. The third-order valence-electron chi connectivity index (χ3n) is 3.11. The molecule has 0 aliphatic rings. The van der Waals surface area contributed by atoms with Crippen molar-refractivity contribution in [1.29, 1.82) is 5.26 Å². The highest BCUT2D eigenvalue weighted by Gasteiger charge is 2.06. The molecule has 2 rings (SSSR count). The van der Waals surface area contributed by atoms with Crippen molar-refractivity contribution in [1.82, 2.24) is 0 Å². The molecule has 2 aromatic rings. The minimum Gasteiger partial charge on any atom is -0.366 e. The molecular formula is C17H18N2. The van der Waals surface area contributed by atoms with Crippen molar-refractivity contribution in [2.45, 2.75) is 19.9 Å². The monoisotopic (exact) mass is 250 g/mol. The summed E-state index contributed by atoms with van der Waals surface area (Å²) in [4.78, 5) is 2.24. The van der Waals surface area contributed by atoms with Crippen molar-refractivity contribution >= 4 is 5.69 Å². The number of rotatable bonds is 5. The number of anilines is 1. The average Bonchev–Trinajstić information content (AvgIpc) is 2.46. The van der Waals surface area contributed by atoms with E-state index >= 15 is 0 Å². The van der Waals surface area contributed by atoms with Gasteiger partial charge in [-0.25, -0.2) is 0 Å². The van der Waals surface area contributed by atoms with Crippen LogP contribution in [0.15, 0.2) is 54.6 Å². The maximum atomic E-state index is 8.79. The molecule has 0 spiro atoms. The van der Waals surface area contributed by atoms with Gasteiger partial charge in [0.2, 0.25) is 0 Å². The van der Waals surface area contributed by atoms with Gasteiger partial charge in [-0.1, -0.05) is 48.0 Å². The first-order chi connectivity index (χ1) is 9.29. The third-order valence-corrected chi connectivity index (χ3v) is 3.11. The lowest BCUT2D eigenvalue weighted by atomic mass is 10.1. The van der Waals surface area contributed by atoms with E-state index in [9.17, 15) is 0 Å². The van der Waals surface area contributed by atoms with Crippen LogP contribution in [0.3, 0.4) is 0 Å². The number of benzene rings is 2. The molecule has 0 heterocycles. The second-order valence-electron chi connectivity index (χ2n) is 4.65. The van der Waals surface area contributed by atoms with Gasteiger partial charge in [-0.15, -0.1) is 0 Å². The fraction of sp³-hybridized carbons (Fsp3) is 0.235. The molecule has 0 aliphatic heterocycles. The van der Waals surface area contributed by atoms with Crippen LogP contribution in [-0.2, 0) is 6.54 Å². The molecule has 0 saturated carbocycles. The molecule has 0 aromatic heterocycles. The van der Waals surface area contributed by atoms with Crippen molar-refractivity contribution in [2.24, 2.45) is 0 Å². The standard InChI is InChI=1S/C17H18N2/c1-15-8-10-16(11-9-15)14-19(13-5-12-18)17-6-3-2-4-7-17/h2-4,6-11H,5,13-14H2,1H3. The SMILES string of the molecule is Cc1ccc(CN(CCC#N)c2ccccc2)cc1. The number of para-hydroxylation sites is 1. The minimum atomic E-state index is 0.542. The Morgan fingerprint density at radius 2 is 1.68 bits per heavy atom. The number of hydrogen-bond acceptors (Lipinski definition) is 2. The lowest BCUT2D eigenvalue weighted by Gasteiger charge is -2.24. The van der Waals surface area contributed by atoms with Crippen LogP contribution in [-0.4, -0.2) is 6.54 Å². The lowest BCUT2D eigenvalue weighted by molar-refractivity contribution is 0.798. The van der Waals surface area contributed by atoms with Crippen LogP contribution in [0.1, 0.15) is 17.5 Å². The van der Waals surface area contributed by atoms with E-state index in [0.717, 1.165) is 13.1 Å². The van der Waals surface area contributed by atoms with Gasteiger partial charge >= 0.3 is 0 Å². The van der Waals surface area contributed by atoms with Crippen LogP contribution < -0.4 is 4.90 Å². The first-order valence-electron chi connectivity index (χ1n) is 6.52. The van der Waals surface area contributed by atoms with Gasteiger partial charge in [-0.2, -0.15) is 5.26 Å². The fourth-order valence-corrected chi connectivity index (χ4v) is 2.04. The number of nitrogens with zero attached hydrogens (tertiary/aromatic N) is 2. The maximum Gasteiger partial charge on any atom is 0.0640 e. The quantitative estimate of drug-likeness (QED) is 0.804. The number of aryl methyl sites for hydroxylation is 1. The number of hydrogen-bond donors (Lipinski definition) is 0. The van der Waals surface area contributed by atoms with E-state index in [1.54, 1.807) is 0 Å². The molecule has 2 nitrogen and oxygen atoms in total. The van der Waals surface area contributed by atoms with Crippen LogP contribution in [0.4, 0.5) is 5.69 Å². The Kier molecular flexibility index (Phi) is 4.58. The predicted octanol–water partition coefficient (Wildman–Crippen LogP) is 3.92. The van der Waals surface area contributed by atoms with Crippen molar-refractivity contribution in [3.63, 3.8) is 0 Å². The molecule has 0 saturated heterocycles. The Bertz CT molecular complexity index is 538. The van der Waals surface area contributed by atoms with Crippen molar-refractivity contribution < 1.29 is 0 Å². The highest BCUT2D eigenvalue weighted by molar-refractivity contribution is 5.46. The Hall–Kier alpha value is -2.27. The van der Waals surface area contributed by atoms with Crippen molar-refractivity contribution in [2.75, 3.05) is 11.4 Å². The highest BCUT2D eigenvalue weighted by Crippen LogP contribution is 2.17. The second-order valence-corrected chi connectivity index (χ2v) is 4.65. The zero-order chi connectivity index (χ0) is 13.5. The Morgan fingerprint density at radius 1 is 1.00 bits per heavy atom. The summed E-state index contributed by atoms with van der Waals surface area (Å²) < 4.78 is 0. The molecule has 0 N–H and O–H groups in total. The smallest absolute Gasteiger partial charge is 0.0640 e. The Labute approximate surface area is 114 Å². The topological polar surface area (TPSA) is 27.0 Å². The van der Waals surface area contributed by atoms with Gasteiger partial charge in [0, 0.05) is 18.8 Å². The summed E-state index contributed by atoms with van der Waals surface area (Å²) in [5.74, 6) is 0. The van der Waals surface area contributed by atoms with Crippen LogP contribution in [0.2, 0.25) is 0 Å². The maximum absolute atomic E-state index is 8.79. The molecule has 0 atom stereocenters. The van der Waals surface area contributed by atoms with Gasteiger partial charge in [-0.3, -0.25) is 0 Å². The van der Waals surface area contributed by atoms with Gasteiger partial charge in [0.15, 0.2) is 0 Å². The van der Waals surface area contributed by atoms with E-state index in [1.807, 2.05) is 18.2 Å². The third kappa shape index (κ3) is 3.86. The van der Waals surface area contributed by atoms with Crippen molar-refractivity contribution in [3.8, 4) is 6.07 Å². The Balaban J connectivity index is 2.14. The largest absolute Gasteiger partial charge is 0.366 e. The molecule has 2 heteroatoms. The molecule has 0 aliphatic carbocycles. The molecule has 0 unspecified atom stereocenters. The molecule has 19 heavy (non-hydrogen) atoms. The summed E-state index contributed by atoms with van der Waals surface area (Å²) in [6.07, 6.45) is 0.542. The lowest BCUT2D eigenvalue weighted by Crippen LogP contribution is -2.23. The van der Waals surface area contributed by atoms with Crippen LogP contribution in [0.25, 0.3) is 0 Å². The molecule has 2 aromatic carbocycles. The summed E-state index contributed by atoms with van der Waals surface area (Å²) in [6, 6.07) is 21.0. The zero-order valence-corrected chi connectivity index (χ0v) is 11.2. The summed E-state index contributed by atoms with van der Waals surface area (Å²) in [5, 5.41) is 8.79. The summed E-state index contributed by atoms with van der Waals surface area (Å²) in [5.41, 5.74) is 3.71. The molecule has 0 fully saturated rings. The van der Waals surface area contributed by atoms with Crippen LogP contribution >= 0.6 is 0 Å². The summed E-state index contributed by atoms with van der Waals surface area (Å²) in [7, 11) is 0. The van der Waals surface area contributed by atoms with Crippen LogP contribution in [0.5, 0.6) is 0 Å². The predicted molar refractivity (Wildman–Crippen MR) is 78.9 cm³/mol. The molecular weight excluding hydrogens is 232 g/mol. The van der Waals surface area contributed by atoms with E-state index in [2.05, 4.69) is 54.3 Å². The zero-order valence-electron chi connectivity index (χ0n) is 11.2. The van der Waals surface area contributed by atoms with Gasteiger partial charge < -0.3 is 4.90 Å². The van der Waals surface area contributed by atoms with Gasteiger partial charge in [0.05, 0.1) is 12.5 Å². The van der Waals surface area contributed by atoms with Gasteiger partial charge in [-0.05, 0) is 24.6 Å². The van der Waals surface area contributed by atoms with E-state index < -0.39 is 0 Å². The van der Waals surface area contributed by atoms with E-state index in [0.29, 0.717) is 6.42 Å².